The molecule has 0 radical (unpaired) electrons. The third kappa shape index (κ3) is 2.78. The van der Waals surface area contributed by atoms with Gasteiger partial charge in [0, 0.05) is 37.1 Å². The summed E-state index contributed by atoms with van der Waals surface area (Å²) in [6.45, 7) is 18.6. The summed E-state index contributed by atoms with van der Waals surface area (Å²) in [7, 11) is 0. The molecule has 16 heavy (non-hydrogen) atoms. The quantitative estimate of drug-likeness (QED) is 0.714. The molecular formula is C14H30N2. The summed E-state index contributed by atoms with van der Waals surface area (Å²) >= 11 is 0. The molecule has 2 nitrogen and oxygen atoms in total. The third-order valence-corrected chi connectivity index (χ3v) is 4.01. The summed E-state index contributed by atoms with van der Waals surface area (Å²) in [6, 6.07) is 1.48. The summed E-state index contributed by atoms with van der Waals surface area (Å²) in [4.78, 5) is 5.24. The van der Waals surface area contributed by atoms with Gasteiger partial charge < -0.3 is 4.90 Å². The highest BCUT2D eigenvalue weighted by Crippen LogP contribution is 2.40. The van der Waals surface area contributed by atoms with Crippen LogP contribution in [0, 0.1) is 5.41 Å². The highest BCUT2D eigenvalue weighted by molar-refractivity contribution is 5.02. The van der Waals surface area contributed by atoms with Crippen molar-refractivity contribution in [3.05, 3.63) is 0 Å². The fourth-order valence-electron chi connectivity index (χ4n) is 2.85. The van der Waals surface area contributed by atoms with Crippen molar-refractivity contribution in [2.24, 2.45) is 5.41 Å². The fraction of sp³-hybridized carbons (Fsp3) is 1.00. The van der Waals surface area contributed by atoms with Crippen molar-refractivity contribution >= 4 is 0 Å². The molecule has 0 unspecified atom stereocenters. The van der Waals surface area contributed by atoms with Gasteiger partial charge in [-0.3, -0.25) is 4.90 Å². The topological polar surface area (TPSA) is 6.48 Å². The Balaban J connectivity index is 0.000000606. The monoisotopic (exact) mass is 226 g/mol. The van der Waals surface area contributed by atoms with Gasteiger partial charge in [-0.2, -0.15) is 0 Å². The number of hydrogen-bond acceptors (Lipinski definition) is 2. The largest absolute Gasteiger partial charge is 0.300 e. The van der Waals surface area contributed by atoms with E-state index in [0.717, 1.165) is 12.1 Å². The minimum Gasteiger partial charge on any atom is -0.300 e. The normalized spacial score (nSPS) is 24.8. The summed E-state index contributed by atoms with van der Waals surface area (Å²) in [5.74, 6) is 0. The van der Waals surface area contributed by atoms with E-state index in [-0.39, 0.29) is 0 Å². The predicted octanol–water partition coefficient (Wildman–Crippen LogP) is 2.84. The van der Waals surface area contributed by atoms with Gasteiger partial charge in [-0.25, -0.2) is 0 Å². The molecule has 2 rings (SSSR count). The maximum absolute atomic E-state index is 2.64. The molecule has 0 bridgehead atoms. The van der Waals surface area contributed by atoms with Crippen molar-refractivity contribution in [3.8, 4) is 0 Å². The van der Waals surface area contributed by atoms with Crippen LogP contribution in [0.5, 0.6) is 0 Å². The highest BCUT2D eigenvalue weighted by atomic mass is 15.3. The predicted molar refractivity (Wildman–Crippen MR) is 71.8 cm³/mol. The molecule has 2 heterocycles. The Bertz CT molecular complexity index is 205. The molecule has 96 valence electrons. The van der Waals surface area contributed by atoms with Crippen molar-refractivity contribution < 1.29 is 0 Å². The minimum atomic E-state index is 0.675. The van der Waals surface area contributed by atoms with E-state index in [9.17, 15) is 0 Å². The number of rotatable bonds is 2. The van der Waals surface area contributed by atoms with Gasteiger partial charge in [-0.15, -0.1) is 0 Å². The van der Waals surface area contributed by atoms with Gasteiger partial charge in [0.25, 0.3) is 0 Å². The van der Waals surface area contributed by atoms with Gasteiger partial charge in [0.05, 0.1) is 0 Å². The molecule has 0 saturated carbocycles. The number of nitrogens with zero attached hydrogens (tertiary/aromatic N) is 2. The first kappa shape index (κ1) is 14.0. The van der Waals surface area contributed by atoms with Crippen molar-refractivity contribution in [3.63, 3.8) is 0 Å². The molecule has 0 amide bonds. The number of hydrogen-bond donors (Lipinski definition) is 0. The first-order chi connectivity index (χ1) is 7.52. The van der Waals surface area contributed by atoms with Crippen molar-refractivity contribution in [2.75, 3.05) is 26.2 Å². The number of likely N-dealkylation sites (tertiary alicyclic amines) is 2. The van der Waals surface area contributed by atoms with Crippen LogP contribution in [0.4, 0.5) is 0 Å². The molecule has 2 fully saturated rings. The second-order valence-corrected chi connectivity index (χ2v) is 5.81. The van der Waals surface area contributed by atoms with Gasteiger partial charge >= 0.3 is 0 Å². The molecule has 0 aromatic rings. The zero-order chi connectivity index (χ0) is 12.3. The lowest BCUT2D eigenvalue weighted by Crippen LogP contribution is -2.59. The molecule has 1 spiro atoms. The molecule has 0 N–H and O–H groups in total. The molecule has 2 aliphatic heterocycles. The van der Waals surface area contributed by atoms with E-state index in [4.69, 9.17) is 0 Å². The Kier molecular flexibility index (Phi) is 4.81. The van der Waals surface area contributed by atoms with E-state index in [2.05, 4.69) is 37.5 Å². The van der Waals surface area contributed by atoms with Gasteiger partial charge in [-0.1, -0.05) is 13.8 Å². The molecule has 0 atom stereocenters. The maximum atomic E-state index is 2.64. The van der Waals surface area contributed by atoms with Crippen molar-refractivity contribution in [1.29, 1.82) is 0 Å². The zero-order valence-corrected chi connectivity index (χ0v) is 12.1. The lowest BCUT2D eigenvalue weighted by molar-refractivity contribution is -0.0158. The van der Waals surface area contributed by atoms with Gasteiger partial charge in [0.2, 0.25) is 0 Å². The van der Waals surface area contributed by atoms with Crippen molar-refractivity contribution in [2.45, 2.75) is 60.0 Å². The van der Waals surface area contributed by atoms with E-state index in [0.29, 0.717) is 5.41 Å². The Morgan fingerprint density at radius 2 is 1.25 bits per heavy atom. The molecule has 0 aromatic heterocycles. The van der Waals surface area contributed by atoms with Crippen LogP contribution in [0.3, 0.4) is 0 Å². The molecule has 2 saturated heterocycles. The zero-order valence-electron chi connectivity index (χ0n) is 12.1. The van der Waals surface area contributed by atoms with E-state index < -0.39 is 0 Å². The van der Waals surface area contributed by atoms with Crippen LogP contribution in [0.1, 0.15) is 48.0 Å². The standard InChI is InChI=1S/C12H24N2.C2H6/c1-10(2)13-6-5-12(7-13)8-14(9-12)11(3)4;1-2/h10-11H,5-9H2,1-4H3;1-2H3. The summed E-state index contributed by atoms with van der Waals surface area (Å²) in [6.07, 6.45) is 1.42. The van der Waals surface area contributed by atoms with E-state index >= 15 is 0 Å². The first-order valence-corrected chi connectivity index (χ1v) is 7.00. The summed E-state index contributed by atoms with van der Waals surface area (Å²) in [5.41, 5.74) is 0.675. The first-order valence-electron chi connectivity index (χ1n) is 7.00. The van der Waals surface area contributed by atoms with E-state index in [1.54, 1.807) is 0 Å². The Labute approximate surface area is 102 Å². The van der Waals surface area contributed by atoms with Crippen LogP contribution >= 0.6 is 0 Å². The Morgan fingerprint density at radius 3 is 1.62 bits per heavy atom. The van der Waals surface area contributed by atoms with Crippen molar-refractivity contribution in [1.82, 2.24) is 9.80 Å². The van der Waals surface area contributed by atoms with E-state index in [1.165, 1.54) is 32.6 Å². The molecule has 2 aliphatic rings. The lowest BCUT2D eigenvalue weighted by atomic mass is 9.78. The summed E-state index contributed by atoms with van der Waals surface area (Å²) in [5, 5.41) is 0. The average molecular weight is 226 g/mol. The van der Waals surface area contributed by atoms with Crippen LogP contribution in [-0.2, 0) is 0 Å². The molecule has 2 heteroatoms. The molecule has 0 aliphatic carbocycles. The van der Waals surface area contributed by atoms with Gasteiger partial charge in [0.15, 0.2) is 0 Å². The average Bonchev–Trinajstić information content (AvgIpc) is 2.63. The molecule has 0 aromatic carbocycles. The van der Waals surface area contributed by atoms with Crippen LogP contribution in [0.2, 0.25) is 0 Å². The van der Waals surface area contributed by atoms with Crippen LogP contribution in [0.25, 0.3) is 0 Å². The second-order valence-electron chi connectivity index (χ2n) is 5.81. The van der Waals surface area contributed by atoms with Gasteiger partial charge in [-0.05, 0) is 40.7 Å². The van der Waals surface area contributed by atoms with E-state index in [1.807, 2.05) is 13.8 Å². The Morgan fingerprint density at radius 1 is 0.812 bits per heavy atom. The smallest absolute Gasteiger partial charge is 0.00972 e. The Hall–Kier alpha value is -0.0800. The highest BCUT2D eigenvalue weighted by Gasteiger charge is 2.48. The molecular weight excluding hydrogens is 196 g/mol. The maximum Gasteiger partial charge on any atom is 0.00972 e. The fourth-order valence-corrected chi connectivity index (χ4v) is 2.85. The van der Waals surface area contributed by atoms with Crippen LogP contribution < -0.4 is 0 Å². The van der Waals surface area contributed by atoms with Crippen LogP contribution in [0.15, 0.2) is 0 Å². The van der Waals surface area contributed by atoms with Crippen LogP contribution in [-0.4, -0.2) is 48.1 Å². The summed E-state index contributed by atoms with van der Waals surface area (Å²) < 4.78 is 0. The SMILES string of the molecule is CC.CC(C)N1CCC2(C1)CN(C(C)C)C2. The third-order valence-electron chi connectivity index (χ3n) is 4.01. The lowest BCUT2D eigenvalue weighted by Gasteiger charge is -2.50. The minimum absolute atomic E-state index is 0.675. The van der Waals surface area contributed by atoms with Gasteiger partial charge in [0.1, 0.15) is 0 Å². The second kappa shape index (κ2) is 5.50.